The molecule has 0 aliphatic rings. The topological polar surface area (TPSA) is 0 Å². The molecule has 0 aromatic heterocycles. The van der Waals surface area contributed by atoms with E-state index in [9.17, 15) is 8.78 Å². The Morgan fingerprint density at radius 3 is 1.87 bits per heavy atom. The predicted molar refractivity (Wildman–Crippen MR) is 58.8 cm³/mol. The fourth-order valence-corrected chi connectivity index (χ4v) is 2.12. The van der Waals surface area contributed by atoms with Crippen molar-refractivity contribution in [1.29, 1.82) is 0 Å². The van der Waals surface area contributed by atoms with Gasteiger partial charge in [0.25, 0.3) is 0 Å². The lowest BCUT2D eigenvalue weighted by Gasteiger charge is -2.30. The van der Waals surface area contributed by atoms with Gasteiger partial charge in [0.2, 0.25) is 0 Å². The van der Waals surface area contributed by atoms with E-state index in [2.05, 4.69) is 20.8 Å². The summed E-state index contributed by atoms with van der Waals surface area (Å²) in [5.41, 5.74) is 0.775. The van der Waals surface area contributed by atoms with Gasteiger partial charge in [0.15, 0.2) is 0 Å². The van der Waals surface area contributed by atoms with Crippen molar-refractivity contribution in [3.8, 4) is 0 Å². The van der Waals surface area contributed by atoms with Crippen molar-refractivity contribution < 1.29 is 8.78 Å². The number of halogens is 2. The van der Waals surface area contributed by atoms with Crippen LogP contribution in [0.15, 0.2) is 18.2 Å². The second-order valence-corrected chi connectivity index (χ2v) is 5.03. The van der Waals surface area contributed by atoms with Gasteiger partial charge in [-0.25, -0.2) is 8.78 Å². The number of benzene rings is 1. The zero-order valence-corrected chi connectivity index (χ0v) is 9.77. The van der Waals surface area contributed by atoms with Crippen molar-refractivity contribution in [2.24, 2.45) is 5.41 Å². The van der Waals surface area contributed by atoms with E-state index >= 15 is 0 Å². The summed E-state index contributed by atoms with van der Waals surface area (Å²) in [6.07, 6.45) is 0.881. The summed E-state index contributed by atoms with van der Waals surface area (Å²) in [6.45, 7) is 8.30. The minimum Gasteiger partial charge on any atom is -0.207 e. The van der Waals surface area contributed by atoms with Crippen LogP contribution in [0.1, 0.15) is 45.6 Å². The number of rotatable bonds is 2. The van der Waals surface area contributed by atoms with E-state index in [1.807, 2.05) is 6.92 Å². The second kappa shape index (κ2) is 4.30. The lowest BCUT2D eigenvalue weighted by molar-refractivity contribution is 0.311. The molecular formula is C13H18F2. The SMILES string of the molecule is CC[C@H](c1cc(F)cc(F)c1)C(C)(C)C. The van der Waals surface area contributed by atoms with Crippen molar-refractivity contribution in [2.45, 2.75) is 40.0 Å². The normalized spacial score (nSPS) is 14.0. The van der Waals surface area contributed by atoms with Crippen LogP contribution in [-0.2, 0) is 0 Å². The molecule has 0 aliphatic heterocycles. The summed E-state index contributed by atoms with van der Waals surface area (Å²) in [5.74, 6) is -0.803. The van der Waals surface area contributed by atoms with Crippen LogP contribution in [0.3, 0.4) is 0 Å². The van der Waals surface area contributed by atoms with E-state index in [1.54, 1.807) is 0 Å². The number of hydrogen-bond acceptors (Lipinski definition) is 0. The Morgan fingerprint density at radius 1 is 1.07 bits per heavy atom. The van der Waals surface area contributed by atoms with Crippen LogP contribution < -0.4 is 0 Å². The first kappa shape index (κ1) is 12.2. The first-order valence-electron chi connectivity index (χ1n) is 5.30. The fourth-order valence-electron chi connectivity index (χ4n) is 2.12. The molecule has 15 heavy (non-hydrogen) atoms. The first-order chi connectivity index (χ1) is 6.84. The lowest BCUT2D eigenvalue weighted by Crippen LogP contribution is -2.18. The van der Waals surface area contributed by atoms with E-state index in [1.165, 1.54) is 12.1 Å². The average molecular weight is 212 g/mol. The Morgan fingerprint density at radius 2 is 1.53 bits per heavy atom. The molecule has 0 fully saturated rings. The van der Waals surface area contributed by atoms with Crippen LogP contribution in [0.5, 0.6) is 0 Å². The average Bonchev–Trinajstić information content (AvgIpc) is 1.99. The fraction of sp³-hybridized carbons (Fsp3) is 0.538. The molecule has 0 radical (unpaired) electrons. The summed E-state index contributed by atoms with van der Waals surface area (Å²) < 4.78 is 26.1. The smallest absolute Gasteiger partial charge is 0.126 e. The second-order valence-electron chi connectivity index (χ2n) is 5.03. The Kier molecular flexibility index (Phi) is 3.48. The summed E-state index contributed by atoms with van der Waals surface area (Å²) in [7, 11) is 0. The molecule has 0 nitrogen and oxygen atoms in total. The van der Waals surface area contributed by atoms with Gasteiger partial charge in [0.05, 0.1) is 0 Å². The molecule has 0 unspecified atom stereocenters. The Balaban J connectivity index is 3.13. The zero-order valence-electron chi connectivity index (χ0n) is 9.77. The summed E-state index contributed by atoms with van der Waals surface area (Å²) in [6, 6.07) is 3.78. The molecule has 0 saturated carbocycles. The molecule has 2 heteroatoms. The van der Waals surface area contributed by atoms with Crippen LogP contribution in [0.25, 0.3) is 0 Å². The third kappa shape index (κ3) is 3.01. The van der Waals surface area contributed by atoms with E-state index in [4.69, 9.17) is 0 Å². The molecule has 0 spiro atoms. The Hall–Kier alpha value is -0.920. The van der Waals surface area contributed by atoms with Gasteiger partial charge in [-0.05, 0) is 35.4 Å². The summed E-state index contributed by atoms with van der Waals surface area (Å²) in [4.78, 5) is 0. The van der Waals surface area contributed by atoms with Gasteiger partial charge in [0.1, 0.15) is 11.6 Å². The maximum Gasteiger partial charge on any atom is 0.126 e. The van der Waals surface area contributed by atoms with Gasteiger partial charge in [-0.2, -0.15) is 0 Å². The molecule has 1 aromatic rings. The van der Waals surface area contributed by atoms with Crippen molar-refractivity contribution in [1.82, 2.24) is 0 Å². The van der Waals surface area contributed by atoms with E-state index < -0.39 is 11.6 Å². The third-order valence-corrected chi connectivity index (χ3v) is 2.74. The van der Waals surface area contributed by atoms with Gasteiger partial charge >= 0.3 is 0 Å². The minimum atomic E-state index is -0.493. The molecule has 0 saturated heterocycles. The van der Waals surface area contributed by atoms with Gasteiger partial charge in [0, 0.05) is 6.07 Å². The monoisotopic (exact) mass is 212 g/mol. The highest BCUT2D eigenvalue weighted by Gasteiger charge is 2.25. The maximum absolute atomic E-state index is 13.1. The van der Waals surface area contributed by atoms with E-state index in [-0.39, 0.29) is 11.3 Å². The van der Waals surface area contributed by atoms with Crippen molar-refractivity contribution >= 4 is 0 Å². The molecule has 84 valence electrons. The molecule has 0 N–H and O–H groups in total. The molecule has 1 atom stereocenters. The van der Waals surface area contributed by atoms with E-state index in [0.717, 1.165) is 18.1 Å². The molecular weight excluding hydrogens is 194 g/mol. The minimum absolute atomic E-state index is 0.0228. The largest absolute Gasteiger partial charge is 0.207 e. The predicted octanol–water partition coefficient (Wildman–Crippen LogP) is 4.50. The van der Waals surface area contributed by atoms with Crippen LogP contribution in [0.2, 0.25) is 0 Å². The highest BCUT2D eigenvalue weighted by molar-refractivity contribution is 5.23. The van der Waals surface area contributed by atoms with Crippen LogP contribution >= 0.6 is 0 Å². The Bertz CT molecular complexity index is 317. The molecule has 0 bridgehead atoms. The standard InChI is InChI=1S/C13H18F2/c1-5-12(13(2,3)4)9-6-10(14)8-11(15)7-9/h6-8,12H,5H2,1-4H3/t12-/m1/s1. The van der Waals surface area contributed by atoms with Gasteiger partial charge in [-0.1, -0.05) is 27.7 Å². The lowest BCUT2D eigenvalue weighted by atomic mass is 9.75. The van der Waals surface area contributed by atoms with Crippen LogP contribution in [0.4, 0.5) is 8.78 Å². The molecule has 0 heterocycles. The summed E-state index contributed by atoms with van der Waals surface area (Å²) in [5, 5.41) is 0. The highest BCUT2D eigenvalue weighted by atomic mass is 19.1. The summed E-state index contributed by atoms with van der Waals surface area (Å²) >= 11 is 0. The molecule has 0 aliphatic carbocycles. The molecule has 0 amide bonds. The maximum atomic E-state index is 13.1. The van der Waals surface area contributed by atoms with Gasteiger partial charge in [-0.3, -0.25) is 0 Å². The van der Waals surface area contributed by atoms with Crippen LogP contribution in [0, 0.1) is 17.0 Å². The van der Waals surface area contributed by atoms with Gasteiger partial charge in [-0.15, -0.1) is 0 Å². The quantitative estimate of drug-likeness (QED) is 0.676. The van der Waals surface area contributed by atoms with Crippen LogP contribution in [-0.4, -0.2) is 0 Å². The zero-order chi connectivity index (χ0) is 11.6. The van der Waals surface area contributed by atoms with E-state index in [0.29, 0.717) is 0 Å². The molecule has 1 rings (SSSR count). The third-order valence-electron chi connectivity index (χ3n) is 2.74. The Labute approximate surface area is 90.3 Å². The van der Waals surface area contributed by atoms with Crippen molar-refractivity contribution in [3.63, 3.8) is 0 Å². The highest BCUT2D eigenvalue weighted by Crippen LogP contribution is 2.37. The number of hydrogen-bond donors (Lipinski definition) is 0. The first-order valence-corrected chi connectivity index (χ1v) is 5.30. The molecule has 1 aromatic carbocycles. The van der Waals surface area contributed by atoms with Gasteiger partial charge < -0.3 is 0 Å². The van der Waals surface area contributed by atoms with Crippen molar-refractivity contribution in [2.75, 3.05) is 0 Å². The van der Waals surface area contributed by atoms with Crippen molar-refractivity contribution in [3.05, 3.63) is 35.4 Å².